The molecule has 0 aliphatic heterocycles. The Balaban J connectivity index is 1.39. The number of benzene rings is 3. The molecular weight excluding hydrogens is 494 g/mol. The molecule has 0 radical (unpaired) electrons. The smallest absolute Gasteiger partial charge is 0.311 e. The van der Waals surface area contributed by atoms with Crippen LogP contribution in [0.15, 0.2) is 70.0 Å². The van der Waals surface area contributed by atoms with E-state index in [0.29, 0.717) is 21.3 Å². The van der Waals surface area contributed by atoms with Crippen molar-refractivity contribution >= 4 is 68.2 Å². The average molecular weight is 510 g/mol. The quantitative estimate of drug-likeness (QED) is 0.140. The predicted octanol–water partition coefficient (Wildman–Crippen LogP) is 5.30. The van der Waals surface area contributed by atoms with Crippen LogP contribution in [0.25, 0.3) is 10.2 Å². The van der Waals surface area contributed by atoms with Gasteiger partial charge < -0.3 is 10.4 Å². The Labute approximate surface area is 205 Å². The monoisotopic (exact) mass is 509 g/mol. The highest BCUT2D eigenvalue weighted by Crippen LogP contribution is 2.32. The van der Waals surface area contributed by atoms with Gasteiger partial charge in [0.25, 0.3) is 5.69 Å². The van der Waals surface area contributed by atoms with Crippen molar-refractivity contribution in [1.29, 1.82) is 0 Å². The third kappa shape index (κ3) is 5.96. The number of aromatic nitrogens is 1. The summed E-state index contributed by atoms with van der Waals surface area (Å²) < 4.78 is 1.55. The molecule has 0 bridgehead atoms. The number of nitro groups is 2. The number of fused-ring (bicyclic) bond motifs is 1. The number of carbonyl (C=O) groups excluding carboxylic acids is 1. The van der Waals surface area contributed by atoms with Crippen molar-refractivity contribution in [2.24, 2.45) is 4.99 Å². The summed E-state index contributed by atoms with van der Waals surface area (Å²) >= 11 is 2.66. The molecule has 176 valence electrons. The Morgan fingerprint density at radius 2 is 1.86 bits per heavy atom. The fraction of sp³-hybridized carbons (Fsp3) is 0.0455. The minimum absolute atomic E-state index is 0.0556. The zero-order valence-corrected chi connectivity index (χ0v) is 19.3. The third-order valence-corrected chi connectivity index (χ3v) is 6.76. The summed E-state index contributed by atoms with van der Waals surface area (Å²) in [7, 11) is 0. The van der Waals surface area contributed by atoms with Crippen molar-refractivity contribution in [3.63, 3.8) is 0 Å². The van der Waals surface area contributed by atoms with Crippen LogP contribution in [0.5, 0.6) is 5.75 Å². The number of hydrogen-bond donors (Lipinski definition) is 2. The van der Waals surface area contributed by atoms with Gasteiger partial charge in [0, 0.05) is 30.1 Å². The van der Waals surface area contributed by atoms with E-state index in [2.05, 4.69) is 15.3 Å². The molecule has 0 spiro atoms. The Kier molecular flexibility index (Phi) is 6.98. The number of nitrogens with one attached hydrogen (secondary N) is 1. The first-order chi connectivity index (χ1) is 16.8. The lowest BCUT2D eigenvalue weighted by Gasteiger charge is -2.03. The molecule has 0 aliphatic rings. The molecule has 4 aromatic rings. The molecule has 11 nitrogen and oxygen atoms in total. The zero-order chi connectivity index (χ0) is 24.9. The standard InChI is InChI=1S/C22H15N5O6S2/c28-19-8-1-13(9-18(19)27(32)33)11-23-15-4-7-17-20(10-15)35-22(25-17)34-12-21(29)24-14-2-5-16(6-3-14)26(30)31/h1-11,28H,12H2,(H,24,29). The van der Waals surface area contributed by atoms with Gasteiger partial charge in [0.05, 0.1) is 31.5 Å². The number of thioether (sulfide) groups is 1. The highest BCUT2D eigenvalue weighted by molar-refractivity contribution is 8.01. The molecule has 4 rings (SSSR count). The van der Waals surface area contributed by atoms with Crippen LogP contribution in [0.3, 0.4) is 0 Å². The maximum Gasteiger partial charge on any atom is 0.311 e. The number of phenolic OH excluding ortho intramolecular Hbond substituents is 1. The van der Waals surface area contributed by atoms with Gasteiger partial charge in [0.15, 0.2) is 10.1 Å². The second-order valence-corrected chi connectivity index (χ2v) is 9.29. The van der Waals surface area contributed by atoms with E-state index < -0.39 is 21.3 Å². The zero-order valence-electron chi connectivity index (χ0n) is 17.7. The van der Waals surface area contributed by atoms with Crippen molar-refractivity contribution in [2.75, 3.05) is 11.1 Å². The molecule has 1 amide bonds. The normalized spacial score (nSPS) is 11.1. The van der Waals surface area contributed by atoms with Crippen LogP contribution < -0.4 is 5.32 Å². The number of non-ortho nitro benzene ring substituents is 1. The fourth-order valence-electron chi connectivity index (χ4n) is 2.94. The number of nitro benzene ring substituents is 2. The van der Waals surface area contributed by atoms with Crippen LogP contribution in [0, 0.1) is 20.2 Å². The van der Waals surface area contributed by atoms with Crippen LogP contribution in [0.2, 0.25) is 0 Å². The Morgan fingerprint density at radius 3 is 2.57 bits per heavy atom. The molecule has 1 heterocycles. The first-order valence-corrected chi connectivity index (χ1v) is 11.7. The maximum absolute atomic E-state index is 12.2. The van der Waals surface area contributed by atoms with E-state index in [1.807, 2.05) is 6.07 Å². The summed E-state index contributed by atoms with van der Waals surface area (Å²) in [4.78, 5) is 41.5. The van der Waals surface area contributed by atoms with Crippen LogP contribution in [-0.4, -0.2) is 37.8 Å². The third-order valence-electron chi connectivity index (χ3n) is 4.60. The molecule has 0 saturated carbocycles. The summed E-state index contributed by atoms with van der Waals surface area (Å²) in [6, 6.07) is 14.9. The number of carbonyl (C=O) groups is 1. The van der Waals surface area contributed by atoms with Crippen molar-refractivity contribution < 1.29 is 19.7 Å². The van der Waals surface area contributed by atoms with Gasteiger partial charge in [0.2, 0.25) is 5.91 Å². The van der Waals surface area contributed by atoms with Gasteiger partial charge in [-0.2, -0.15) is 0 Å². The minimum Gasteiger partial charge on any atom is -0.502 e. The molecule has 13 heteroatoms. The molecule has 0 atom stereocenters. The van der Waals surface area contributed by atoms with Crippen LogP contribution in [0.4, 0.5) is 22.7 Å². The molecule has 2 N–H and O–H groups in total. The highest BCUT2D eigenvalue weighted by Gasteiger charge is 2.13. The second-order valence-electron chi connectivity index (χ2n) is 7.04. The number of nitrogens with zero attached hydrogens (tertiary/aromatic N) is 4. The molecular formula is C22H15N5O6S2. The average Bonchev–Trinajstić information content (AvgIpc) is 3.24. The molecule has 0 unspecified atom stereocenters. The maximum atomic E-state index is 12.2. The first-order valence-electron chi connectivity index (χ1n) is 9.87. The summed E-state index contributed by atoms with van der Waals surface area (Å²) in [6.45, 7) is 0. The van der Waals surface area contributed by atoms with E-state index in [-0.39, 0.29) is 17.3 Å². The van der Waals surface area contributed by atoms with Crippen molar-refractivity contribution in [3.8, 4) is 5.75 Å². The van der Waals surface area contributed by atoms with Crippen LogP contribution in [0.1, 0.15) is 5.56 Å². The van der Waals surface area contributed by atoms with Crippen molar-refractivity contribution in [3.05, 3.63) is 86.5 Å². The summed E-state index contributed by atoms with van der Waals surface area (Å²) in [5.74, 6) is -0.567. The van der Waals surface area contributed by atoms with E-state index >= 15 is 0 Å². The van der Waals surface area contributed by atoms with Crippen molar-refractivity contribution in [2.45, 2.75) is 4.34 Å². The van der Waals surface area contributed by atoms with Crippen LogP contribution in [-0.2, 0) is 4.79 Å². The lowest BCUT2D eigenvalue weighted by molar-refractivity contribution is -0.385. The summed E-state index contributed by atoms with van der Waals surface area (Å²) in [5.41, 5.74) is 1.84. The molecule has 35 heavy (non-hydrogen) atoms. The topological polar surface area (TPSA) is 161 Å². The van der Waals surface area contributed by atoms with Gasteiger partial charge in [-0.15, -0.1) is 11.3 Å². The van der Waals surface area contributed by atoms with Crippen LogP contribution >= 0.6 is 23.1 Å². The fourth-order valence-corrected chi connectivity index (χ4v) is 4.84. The van der Waals surface area contributed by atoms with E-state index in [1.54, 1.807) is 12.1 Å². The first kappa shape index (κ1) is 23.8. The number of anilines is 1. The van der Waals surface area contributed by atoms with Gasteiger partial charge in [-0.05, 0) is 48.0 Å². The van der Waals surface area contributed by atoms with Gasteiger partial charge >= 0.3 is 5.69 Å². The molecule has 3 aromatic carbocycles. The Hall–Kier alpha value is -4.36. The van der Waals surface area contributed by atoms with E-state index in [0.717, 1.165) is 10.2 Å². The predicted molar refractivity (Wildman–Crippen MR) is 134 cm³/mol. The molecule has 0 saturated heterocycles. The second kappa shape index (κ2) is 10.3. The van der Waals surface area contributed by atoms with Gasteiger partial charge in [0.1, 0.15) is 0 Å². The lowest BCUT2D eigenvalue weighted by Crippen LogP contribution is -2.13. The Bertz CT molecular complexity index is 1470. The Morgan fingerprint density at radius 1 is 1.09 bits per heavy atom. The van der Waals surface area contributed by atoms with Gasteiger partial charge in [-0.25, -0.2) is 4.98 Å². The van der Waals surface area contributed by atoms with E-state index in [4.69, 9.17) is 0 Å². The summed E-state index contributed by atoms with van der Waals surface area (Å²) in [6.07, 6.45) is 1.47. The number of aliphatic imine (C=N–C) groups is 1. The summed E-state index contributed by atoms with van der Waals surface area (Å²) in [5, 5.41) is 33.9. The molecule has 1 aromatic heterocycles. The van der Waals surface area contributed by atoms with Gasteiger partial charge in [-0.1, -0.05) is 11.8 Å². The number of thiazole rings is 1. The number of hydrogen-bond acceptors (Lipinski definition) is 10. The number of aromatic hydroxyl groups is 1. The van der Waals surface area contributed by atoms with E-state index in [1.165, 1.54) is 71.8 Å². The van der Waals surface area contributed by atoms with Crippen molar-refractivity contribution in [1.82, 2.24) is 4.98 Å². The largest absolute Gasteiger partial charge is 0.502 e. The molecule has 0 aliphatic carbocycles. The van der Waals surface area contributed by atoms with E-state index in [9.17, 15) is 30.1 Å². The minimum atomic E-state index is -0.665. The number of amides is 1. The number of phenols is 1. The number of rotatable bonds is 8. The highest BCUT2D eigenvalue weighted by atomic mass is 32.2. The lowest BCUT2D eigenvalue weighted by atomic mass is 10.2. The SMILES string of the molecule is O=C(CSc1nc2ccc(N=Cc3ccc(O)c([N+](=O)[O-])c3)cc2s1)Nc1ccc([N+](=O)[O-])cc1. The van der Waals surface area contributed by atoms with Gasteiger partial charge in [-0.3, -0.25) is 30.0 Å². The molecule has 0 fully saturated rings.